The van der Waals surface area contributed by atoms with E-state index in [9.17, 15) is 38.7 Å². The predicted octanol–water partition coefficient (Wildman–Crippen LogP) is 1.70. The molecule has 5 rings (SSSR count). The Morgan fingerprint density at radius 2 is 1.68 bits per heavy atom. The van der Waals surface area contributed by atoms with Crippen molar-refractivity contribution in [3.05, 3.63) is 23.8 Å². The number of ketones is 3. The number of allylic oxidation sites excluding steroid dienone is 4. The zero-order valence-corrected chi connectivity index (χ0v) is 22.6. The van der Waals surface area contributed by atoms with Crippen LogP contribution in [0.4, 0.5) is 0 Å². The molecule has 4 aliphatic carbocycles. The zero-order chi connectivity index (χ0) is 29.0. The summed E-state index contributed by atoms with van der Waals surface area (Å²) in [6, 6.07) is 0. The maximum Gasteiger partial charge on any atom is 0.333 e. The lowest BCUT2D eigenvalue weighted by molar-refractivity contribution is -0.197. The first-order valence-electron chi connectivity index (χ1n) is 13.7. The van der Waals surface area contributed by atoms with Gasteiger partial charge in [-0.3, -0.25) is 28.8 Å². The van der Waals surface area contributed by atoms with Crippen LogP contribution in [0.15, 0.2) is 23.8 Å². The fraction of sp³-hybridized carbons (Fsp3) is 0.621. The van der Waals surface area contributed by atoms with Crippen LogP contribution >= 0.6 is 0 Å². The number of carbonyl (C=O) groups is 7. The third-order valence-electron chi connectivity index (χ3n) is 9.97. The van der Waals surface area contributed by atoms with Crippen molar-refractivity contribution in [2.24, 2.45) is 28.6 Å². The van der Waals surface area contributed by atoms with Crippen molar-refractivity contribution in [3.63, 3.8) is 0 Å². The standard InChI is InChI=1S/C29H33NO10/c1-27-11-9-17(31)13-16(27)3-4-18-19-10-12-29(38,28(19,2)14-20(32)26(18)27)21(33)15-39-24(36)7-8-25(37)40-30-22(34)5-6-23(30)35/h9,11,13,18-19,26,38H,3-8,10,12,14-15H2,1-2H3/t18-,19-,26+,27+,28+,29+/m1/s1. The number of rotatable bonds is 7. The van der Waals surface area contributed by atoms with Crippen LogP contribution in [0, 0.1) is 28.6 Å². The van der Waals surface area contributed by atoms with Crippen LogP contribution in [0.1, 0.15) is 71.6 Å². The van der Waals surface area contributed by atoms with Gasteiger partial charge in [-0.1, -0.05) is 25.5 Å². The summed E-state index contributed by atoms with van der Waals surface area (Å²) in [7, 11) is 0. The minimum absolute atomic E-state index is 0.000538. The van der Waals surface area contributed by atoms with Gasteiger partial charge in [0.15, 0.2) is 12.4 Å². The lowest BCUT2D eigenvalue weighted by atomic mass is 9.46. The van der Waals surface area contributed by atoms with Gasteiger partial charge in [-0.15, -0.1) is 5.06 Å². The fourth-order valence-corrected chi connectivity index (χ4v) is 7.84. The van der Waals surface area contributed by atoms with Crippen molar-refractivity contribution in [1.29, 1.82) is 0 Å². The van der Waals surface area contributed by atoms with Crippen LogP contribution in [0.5, 0.6) is 0 Å². The number of ether oxygens (including phenoxy) is 1. The van der Waals surface area contributed by atoms with Gasteiger partial charge in [-0.2, -0.15) is 0 Å². The van der Waals surface area contributed by atoms with Gasteiger partial charge in [0.1, 0.15) is 11.4 Å². The second kappa shape index (κ2) is 9.87. The molecular formula is C29H33NO10. The quantitative estimate of drug-likeness (QED) is 0.362. The Balaban J connectivity index is 1.20. The molecule has 11 heteroatoms. The highest BCUT2D eigenvalue weighted by molar-refractivity contribution is 6.02. The van der Waals surface area contributed by atoms with Gasteiger partial charge >= 0.3 is 11.9 Å². The normalized spacial score (nSPS) is 36.5. The molecular weight excluding hydrogens is 522 g/mol. The molecule has 1 saturated heterocycles. The van der Waals surface area contributed by atoms with Crippen LogP contribution in [-0.2, 0) is 43.1 Å². The summed E-state index contributed by atoms with van der Waals surface area (Å²) < 4.78 is 5.06. The van der Waals surface area contributed by atoms with E-state index in [1.165, 1.54) is 6.08 Å². The molecule has 1 N–H and O–H groups in total. The summed E-state index contributed by atoms with van der Waals surface area (Å²) in [6.07, 6.45) is 5.98. The number of hydrogen-bond donors (Lipinski definition) is 1. The Bertz CT molecular complexity index is 1270. The second-order valence-corrected chi connectivity index (χ2v) is 12.1. The Hall–Kier alpha value is -3.47. The molecule has 1 aliphatic heterocycles. The van der Waals surface area contributed by atoms with Crippen molar-refractivity contribution in [2.45, 2.75) is 77.2 Å². The molecule has 214 valence electrons. The van der Waals surface area contributed by atoms with E-state index in [-0.39, 0.29) is 55.0 Å². The maximum absolute atomic E-state index is 13.7. The maximum atomic E-state index is 13.7. The average Bonchev–Trinajstić information content (AvgIpc) is 3.36. The monoisotopic (exact) mass is 555 g/mol. The van der Waals surface area contributed by atoms with E-state index in [2.05, 4.69) is 0 Å². The molecule has 0 spiro atoms. The number of Topliss-reactive ketones (excluding diaryl/α,β-unsaturated/α-hetero) is 2. The summed E-state index contributed by atoms with van der Waals surface area (Å²) in [6.45, 7) is 3.04. The molecule has 40 heavy (non-hydrogen) atoms. The van der Waals surface area contributed by atoms with Crippen LogP contribution in [0.25, 0.3) is 0 Å². The Labute approximate surface area is 230 Å². The number of carbonyl (C=O) groups excluding carboxylic acids is 7. The van der Waals surface area contributed by atoms with E-state index in [1.807, 2.05) is 13.0 Å². The van der Waals surface area contributed by atoms with Gasteiger partial charge in [0, 0.05) is 36.0 Å². The van der Waals surface area contributed by atoms with Crippen molar-refractivity contribution >= 4 is 41.1 Å². The molecule has 5 aliphatic rings. The average molecular weight is 556 g/mol. The van der Waals surface area contributed by atoms with E-state index in [4.69, 9.17) is 9.57 Å². The molecule has 11 nitrogen and oxygen atoms in total. The summed E-state index contributed by atoms with van der Waals surface area (Å²) >= 11 is 0. The van der Waals surface area contributed by atoms with Gasteiger partial charge in [0.2, 0.25) is 5.78 Å². The third-order valence-corrected chi connectivity index (χ3v) is 9.97. The topological polar surface area (TPSA) is 161 Å². The summed E-state index contributed by atoms with van der Waals surface area (Å²) in [5.41, 5.74) is -2.49. The fourth-order valence-electron chi connectivity index (χ4n) is 7.84. The number of esters is 1. The zero-order valence-electron chi connectivity index (χ0n) is 22.6. The van der Waals surface area contributed by atoms with E-state index in [0.717, 1.165) is 5.57 Å². The first-order chi connectivity index (χ1) is 18.8. The Morgan fingerprint density at radius 1 is 1.00 bits per heavy atom. The number of amides is 2. The molecule has 1 heterocycles. The van der Waals surface area contributed by atoms with Gasteiger partial charge in [0.25, 0.3) is 11.8 Å². The van der Waals surface area contributed by atoms with Crippen LogP contribution in [-0.4, -0.2) is 63.5 Å². The first kappa shape index (κ1) is 28.1. The second-order valence-electron chi connectivity index (χ2n) is 12.1. The van der Waals surface area contributed by atoms with E-state index in [1.54, 1.807) is 13.0 Å². The number of hydroxylamine groups is 2. The Kier molecular flexibility index (Phi) is 6.92. The Morgan fingerprint density at radius 3 is 2.38 bits per heavy atom. The minimum Gasteiger partial charge on any atom is -0.458 e. The molecule has 0 unspecified atom stereocenters. The van der Waals surface area contributed by atoms with Gasteiger partial charge < -0.3 is 14.7 Å². The number of imide groups is 1. The molecule has 0 aromatic rings. The SMILES string of the molecule is C[C@]12C=CC(=O)C=C1CC[C@H]1[C@H]2C(=O)C[C@@]2(C)[C@@H]1CC[C@]2(O)C(=O)COC(=O)CCC(=O)ON1C(=O)CCC1=O. The largest absolute Gasteiger partial charge is 0.458 e. The molecule has 0 bridgehead atoms. The number of fused-ring (bicyclic) bond motifs is 5. The van der Waals surface area contributed by atoms with Crippen molar-refractivity contribution in [1.82, 2.24) is 5.06 Å². The van der Waals surface area contributed by atoms with Crippen molar-refractivity contribution in [3.8, 4) is 0 Å². The molecule has 0 aromatic carbocycles. The minimum atomic E-state index is -1.86. The summed E-state index contributed by atoms with van der Waals surface area (Å²) in [4.78, 5) is 90.9. The summed E-state index contributed by atoms with van der Waals surface area (Å²) in [5.74, 6) is -4.45. The van der Waals surface area contributed by atoms with E-state index < -0.39 is 65.4 Å². The van der Waals surface area contributed by atoms with Gasteiger partial charge in [-0.25, -0.2) is 4.79 Å². The molecule has 2 amide bonds. The van der Waals surface area contributed by atoms with E-state index >= 15 is 0 Å². The number of aliphatic hydroxyl groups is 1. The van der Waals surface area contributed by atoms with Crippen LogP contribution in [0.2, 0.25) is 0 Å². The van der Waals surface area contributed by atoms with Crippen molar-refractivity contribution in [2.75, 3.05) is 6.61 Å². The molecule has 6 atom stereocenters. The van der Waals surface area contributed by atoms with Crippen LogP contribution < -0.4 is 0 Å². The summed E-state index contributed by atoms with van der Waals surface area (Å²) in [5, 5.41) is 12.1. The lowest BCUT2D eigenvalue weighted by Crippen LogP contribution is -2.60. The highest BCUT2D eigenvalue weighted by Gasteiger charge is 2.68. The van der Waals surface area contributed by atoms with E-state index in [0.29, 0.717) is 24.3 Å². The van der Waals surface area contributed by atoms with Crippen molar-refractivity contribution < 1.29 is 48.2 Å². The highest BCUT2D eigenvalue weighted by Crippen LogP contribution is 2.66. The van der Waals surface area contributed by atoms with Crippen LogP contribution in [0.3, 0.4) is 0 Å². The molecule has 4 fully saturated rings. The first-order valence-corrected chi connectivity index (χ1v) is 13.7. The van der Waals surface area contributed by atoms with Gasteiger partial charge in [-0.05, 0) is 49.7 Å². The number of nitrogens with zero attached hydrogens (tertiary/aromatic N) is 1. The smallest absolute Gasteiger partial charge is 0.333 e. The third kappa shape index (κ3) is 4.34. The molecule has 3 saturated carbocycles. The highest BCUT2D eigenvalue weighted by atomic mass is 16.7. The molecule has 0 aromatic heterocycles. The predicted molar refractivity (Wildman–Crippen MR) is 134 cm³/mol. The molecule has 0 radical (unpaired) electrons. The lowest BCUT2D eigenvalue weighted by Gasteiger charge is -2.56. The van der Waals surface area contributed by atoms with Gasteiger partial charge in [0.05, 0.1) is 12.8 Å². The number of hydrogen-bond acceptors (Lipinski definition) is 10.